The molecule has 1 aromatic rings. The quantitative estimate of drug-likeness (QED) is 0.798. The molecule has 3 rings (SSSR count). The van der Waals surface area contributed by atoms with Crippen molar-refractivity contribution in [2.75, 3.05) is 31.1 Å². The van der Waals surface area contributed by atoms with Crippen molar-refractivity contribution in [1.29, 1.82) is 0 Å². The predicted octanol–water partition coefficient (Wildman–Crippen LogP) is 1.11. The highest BCUT2D eigenvalue weighted by Gasteiger charge is 2.25. The van der Waals surface area contributed by atoms with Gasteiger partial charge < -0.3 is 15.5 Å². The van der Waals surface area contributed by atoms with E-state index in [9.17, 15) is 9.59 Å². The molecule has 2 aliphatic rings. The van der Waals surface area contributed by atoms with Crippen LogP contribution in [0.1, 0.15) is 18.4 Å². The summed E-state index contributed by atoms with van der Waals surface area (Å²) in [6.45, 7) is 2.90. The smallest absolute Gasteiger partial charge is 0.227 e. The number of nitrogens with one attached hydrogen (secondary N) is 2. The molecule has 6 heteroatoms. The molecule has 1 saturated heterocycles. The maximum absolute atomic E-state index is 12.3. The van der Waals surface area contributed by atoms with Gasteiger partial charge in [0, 0.05) is 38.3 Å². The number of nitrogens with zero attached hydrogens (tertiary/aromatic N) is 1. The molecule has 2 amide bonds. The number of fused-ring (bicyclic) bond motifs is 1. The van der Waals surface area contributed by atoms with Gasteiger partial charge in [-0.1, -0.05) is 18.2 Å². The molecular weight excluding hydrogens is 302 g/mol. The second kappa shape index (κ2) is 7.61. The van der Waals surface area contributed by atoms with Gasteiger partial charge in [-0.05, 0) is 24.5 Å². The predicted molar refractivity (Wildman–Crippen MR) is 88.4 cm³/mol. The first-order valence-electron chi connectivity index (χ1n) is 7.62. The summed E-state index contributed by atoms with van der Waals surface area (Å²) >= 11 is 0. The van der Waals surface area contributed by atoms with Gasteiger partial charge >= 0.3 is 0 Å². The van der Waals surface area contributed by atoms with Crippen LogP contribution in [0, 0.1) is 5.92 Å². The Kier molecular flexibility index (Phi) is 5.80. The lowest BCUT2D eigenvalue weighted by Gasteiger charge is -2.25. The fourth-order valence-electron chi connectivity index (χ4n) is 2.80. The molecule has 0 aromatic heterocycles. The van der Waals surface area contributed by atoms with Crippen LogP contribution in [-0.4, -0.2) is 38.0 Å². The summed E-state index contributed by atoms with van der Waals surface area (Å²) < 4.78 is 0. The Labute approximate surface area is 136 Å². The van der Waals surface area contributed by atoms with Gasteiger partial charge in [-0.15, -0.1) is 12.4 Å². The van der Waals surface area contributed by atoms with E-state index in [0.717, 1.165) is 31.7 Å². The van der Waals surface area contributed by atoms with Crippen molar-refractivity contribution in [2.24, 2.45) is 5.92 Å². The number of amides is 2. The number of rotatable bonds is 5. The number of carbonyl (C=O) groups is 2. The monoisotopic (exact) mass is 323 g/mol. The summed E-state index contributed by atoms with van der Waals surface area (Å²) in [5.41, 5.74) is 2.30. The fourth-order valence-corrected chi connectivity index (χ4v) is 2.80. The first kappa shape index (κ1) is 16.8. The van der Waals surface area contributed by atoms with Gasteiger partial charge in [-0.25, -0.2) is 0 Å². The average molecular weight is 324 g/mol. The number of carbonyl (C=O) groups excluding carboxylic acids is 2. The van der Waals surface area contributed by atoms with Crippen molar-refractivity contribution in [3.8, 4) is 0 Å². The van der Waals surface area contributed by atoms with Crippen molar-refractivity contribution in [2.45, 2.75) is 19.3 Å². The molecule has 1 fully saturated rings. The van der Waals surface area contributed by atoms with Crippen LogP contribution in [0.25, 0.3) is 0 Å². The van der Waals surface area contributed by atoms with Crippen molar-refractivity contribution in [3.63, 3.8) is 0 Å². The highest BCUT2D eigenvalue weighted by molar-refractivity contribution is 5.95. The van der Waals surface area contributed by atoms with E-state index in [-0.39, 0.29) is 30.1 Å². The van der Waals surface area contributed by atoms with Crippen LogP contribution in [-0.2, 0) is 16.0 Å². The molecular formula is C16H22ClN3O2. The maximum Gasteiger partial charge on any atom is 0.227 e. The molecule has 22 heavy (non-hydrogen) atoms. The van der Waals surface area contributed by atoms with E-state index in [1.807, 2.05) is 23.1 Å². The van der Waals surface area contributed by atoms with Crippen LogP contribution >= 0.6 is 12.4 Å². The first-order chi connectivity index (χ1) is 10.3. The Bertz CT molecular complexity index is 546. The Morgan fingerprint density at radius 3 is 2.77 bits per heavy atom. The van der Waals surface area contributed by atoms with E-state index >= 15 is 0 Å². The lowest BCUT2D eigenvalue weighted by Crippen LogP contribution is -2.50. The molecule has 2 N–H and O–H groups in total. The van der Waals surface area contributed by atoms with Gasteiger partial charge in [0.2, 0.25) is 11.8 Å². The van der Waals surface area contributed by atoms with Gasteiger partial charge in [0.15, 0.2) is 0 Å². The SMILES string of the molecule is Cl.O=C(NCCCC(=O)N1CCc2ccccc21)C1CNC1. The third-order valence-corrected chi connectivity index (χ3v) is 4.21. The summed E-state index contributed by atoms with van der Waals surface area (Å²) in [5, 5.41) is 5.98. The van der Waals surface area contributed by atoms with Gasteiger partial charge in [0.25, 0.3) is 0 Å². The van der Waals surface area contributed by atoms with E-state index < -0.39 is 0 Å². The second-order valence-corrected chi connectivity index (χ2v) is 5.67. The topological polar surface area (TPSA) is 61.4 Å². The van der Waals surface area contributed by atoms with Crippen LogP contribution in [0.5, 0.6) is 0 Å². The van der Waals surface area contributed by atoms with E-state index in [4.69, 9.17) is 0 Å². The van der Waals surface area contributed by atoms with Crippen molar-refractivity contribution in [3.05, 3.63) is 29.8 Å². The minimum absolute atomic E-state index is 0. The number of halogens is 1. The zero-order chi connectivity index (χ0) is 14.7. The van der Waals surface area contributed by atoms with Crippen LogP contribution < -0.4 is 15.5 Å². The van der Waals surface area contributed by atoms with E-state index in [2.05, 4.69) is 16.7 Å². The van der Waals surface area contributed by atoms with E-state index in [1.54, 1.807) is 0 Å². The number of hydrogen-bond donors (Lipinski definition) is 2. The van der Waals surface area contributed by atoms with Gasteiger partial charge in [0.1, 0.15) is 0 Å². The summed E-state index contributed by atoms with van der Waals surface area (Å²) in [5.74, 6) is 0.374. The second-order valence-electron chi connectivity index (χ2n) is 5.67. The number of para-hydroxylation sites is 1. The molecule has 120 valence electrons. The summed E-state index contributed by atoms with van der Waals surface area (Å²) in [6.07, 6.45) is 2.12. The molecule has 5 nitrogen and oxygen atoms in total. The van der Waals surface area contributed by atoms with Gasteiger partial charge in [0.05, 0.1) is 5.92 Å². The summed E-state index contributed by atoms with van der Waals surface area (Å²) in [7, 11) is 0. The van der Waals surface area contributed by atoms with Gasteiger partial charge in [-0.3, -0.25) is 9.59 Å². The Morgan fingerprint density at radius 1 is 1.27 bits per heavy atom. The molecule has 0 aliphatic carbocycles. The molecule has 1 aromatic carbocycles. The first-order valence-corrected chi connectivity index (χ1v) is 7.62. The normalized spacial score (nSPS) is 16.5. The standard InChI is InChI=1S/C16H21N3O2.ClH/c20-15(6-3-8-18-16(21)13-10-17-11-13)19-9-7-12-4-1-2-5-14(12)19;/h1-2,4-5,13,17H,3,6-11H2,(H,18,21);1H. The fraction of sp³-hybridized carbons (Fsp3) is 0.500. The molecule has 0 unspecified atom stereocenters. The lowest BCUT2D eigenvalue weighted by atomic mass is 10.0. The highest BCUT2D eigenvalue weighted by atomic mass is 35.5. The Hall–Kier alpha value is -1.59. The summed E-state index contributed by atoms with van der Waals surface area (Å²) in [6, 6.07) is 8.07. The van der Waals surface area contributed by atoms with Gasteiger partial charge in [-0.2, -0.15) is 0 Å². The molecule has 2 heterocycles. The van der Waals surface area contributed by atoms with Crippen molar-refractivity contribution < 1.29 is 9.59 Å². The molecule has 0 saturated carbocycles. The minimum Gasteiger partial charge on any atom is -0.356 e. The number of benzene rings is 1. The molecule has 0 radical (unpaired) electrons. The largest absolute Gasteiger partial charge is 0.356 e. The number of hydrogen-bond acceptors (Lipinski definition) is 3. The average Bonchev–Trinajstić information content (AvgIpc) is 2.85. The third kappa shape index (κ3) is 3.59. The highest BCUT2D eigenvalue weighted by Crippen LogP contribution is 2.27. The van der Waals surface area contributed by atoms with Crippen LogP contribution in [0.15, 0.2) is 24.3 Å². The van der Waals surface area contributed by atoms with Crippen LogP contribution in [0.4, 0.5) is 5.69 Å². The third-order valence-electron chi connectivity index (χ3n) is 4.21. The molecule has 2 aliphatic heterocycles. The van der Waals surface area contributed by atoms with E-state index in [1.165, 1.54) is 5.56 Å². The van der Waals surface area contributed by atoms with Crippen LogP contribution in [0.2, 0.25) is 0 Å². The minimum atomic E-state index is 0. The van der Waals surface area contributed by atoms with Crippen molar-refractivity contribution in [1.82, 2.24) is 10.6 Å². The molecule has 0 atom stereocenters. The number of anilines is 1. The van der Waals surface area contributed by atoms with E-state index in [0.29, 0.717) is 19.4 Å². The lowest BCUT2D eigenvalue weighted by molar-refractivity contribution is -0.126. The zero-order valence-corrected chi connectivity index (χ0v) is 13.3. The van der Waals surface area contributed by atoms with Crippen LogP contribution in [0.3, 0.4) is 0 Å². The maximum atomic E-state index is 12.3. The molecule has 0 spiro atoms. The zero-order valence-electron chi connectivity index (χ0n) is 12.5. The Morgan fingerprint density at radius 2 is 2.05 bits per heavy atom. The summed E-state index contributed by atoms with van der Waals surface area (Å²) in [4.78, 5) is 25.8. The van der Waals surface area contributed by atoms with Crippen molar-refractivity contribution >= 4 is 29.9 Å². The Balaban J connectivity index is 0.00000176. The molecule has 0 bridgehead atoms.